The largest absolute Gasteiger partial charge is 0.506 e. The van der Waals surface area contributed by atoms with Crippen LogP contribution in [0.4, 0.5) is 10.1 Å². The number of aryl methyl sites for hydroxylation is 1. The van der Waals surface area contributed by atoms with Gasteiger partial charge in [-0.3, -0.25) is 4.90 Å². The molecular weight excluding hydrogens is 359 g/mol. The predicted octanol–water partition coefficient (Wildman–Crippen LogP) is 3.77. The number of hydrogen-bond donors (Lipinski definition) is 1. The highest BCUT2D eigenvalue weighted by atomic mass is 19.1. The SMILES string of the molecule is Cc1cc(-c2noc(C(C)N3CCN(c4ccccc4O)CC3)n2)ccc1F. The Bertz CT molecular complexity index is 967. The summed E-state index contributed by atoms with van der Waals surface area (Å²) in [5, 5.41) is 14.1. The van der Waals surface area contributed by atoms with E-state index in [1.165, 1.54) is 6.07 Å². The zero-order valence-electron chi connectivity index (χ0n) is 16.0. The van der Waals surface area contributed by atoms with E-state index in [0.717, 1.165) is 37.4 Å². The number of piperazine rings is 1. The Balaban J connectivity index is 1.43. The fourth-order valence-corrected chi connectivity index (χ4v) is 3.54. The number of anilines is 1. The standard InChI is InChI=1S/C21H23FN4O2/c1-14-13-16(7-8-17(14)22)20-23-21(28-24-20)15(2)25-9-11-26(12-10-25)18-5-3-4-6-19(18)27/h3-8,13,15,27H,9-12H2,1-2H3. The lowest BCUT2D eigenvalue weighted by Gasteiger charge is -2.38. The fourth-order valence-electron chi connectivity index (χ4n) is 3.54. The second kappa shape index (κ2) is 7.59. The number of para-hydroxylation sites is 2. The lowest BCUT2D eigenvalue weighted by Crippen LogP contribution is -2.47. The van der Waals surface area contributed by atoms with Gasteiger partial charge in [-0.1, -0.05) is 17.3 Å². The van der Waals surface area contributed by atoms with Crippen molar-refractivity contribution in [3.63, 3.8) is 0 Å². The minimum absolute atomic E-state index is 0.0192. The molecule has 1 atom stereocenters. The van der Waals surface area contributed by atoms with E-state index in [2.05, 4.69) is 19.9 Å². The lowest BCUT2D eigenvalue weighted by atomic mass is 10.1. The first kappa shape index (κ1) is 18.4. The van der Waals surface area contributed by atoms with E-state index < -0.39 is 0 Å². The Kier molecular flexibility index (Phi) is 5.00. The Hall–Kier alpha value is -2.93. The second-order valence-electron chi connectivity index (χ2n) is 7.11. The van der Waals surface area contributed by atoms with Crippen molar-refractivity contribution < 1.29 is 14.0 Å². The van der Waals surface area contributed by atoms with Gasteiger partial charge in [0.25, 0.3) is 0 Å². The molecule has 2 heterocycles. The first-order valence-corrected chi connectivity index (χ1v) is 9.40. The third kappa shape index (κ3) is 3.57. The molecule has 1 aliphatic heterocycles. The number of benzene rings is 2. The summed E-state index contributed by atoms with van der Waals surface area (Å²) >= 11 is 0. The van der Waals surface area contributed by atoms with E-state index in [1.54, 1.807) is 25.1 Å². The monoisotopic (exact) mass is 382 g/mol. The van der Waals surface area contributed by atoms with Crippen LogP contribution in [0.25, 0.3) is 11.4 Å². The molecule has 1 fully saturated rings. The van der Waals surface area contributed by atoms with E-state index in [1.807, 2.05) is 25.1 Å². The third-order valence-corrected chi connectivity index (χ3v) is 5.30. The van der Waals surface area contributed by atoms with Crippen LogP contribution in [0.1, 0.15) is 24.4 Å². The number of hydrogen-bond acceptors (Lipinski definition) is 6. The number of nitrogens with zero attached hydrogens (tertiary/aromatic N) is 4. The van der Waals surface area contributed by atoms with Crippen molar-refractivity contribution in [2.75, 3.05) is 31.1 Å². The molecule has 1 aromatic heterocycles. The smallest absolute Gasteiger partial charge is 0.244 e. The van der Waals surface area contributed by atoms with Crippen molar-refractivity contribution in [1.29, 1.82) is 0 Å². The molecule has 0 saturated carbocycles. The number of phenols is 1. The summed E-state index contributed by atoms with van der Waals surface area (Å²) in [5.41, 5.74) is 2.16. The van der Waals surface area contributed by atoms with Crippen molar-refractivity contribution in [1.82, 2.24) is 15.0 Å². The molecule has 0 radical (unpaired) electrons. The number of aromatic nitrogens is 2. The quantitative estimate of drug-likeness (QED) is 0.741. The van der Waals surface area contributed by atoms with Crippen molar-refractivity contribution >= 4 is 5.69 Å². The number of halogens is 1. The summed E-state index contributed by atoms with van der Waals surface area (Å²) < 4.78 is 19.0. The van der Waals surface area contributed by atoms with E-state index >= 15 is 0 Å². The van der Waals surface area contributed by atoms with Crippen LogP contribution in [0, 0.1) is 12.7 Å². The number of rotatable bonds is 4. The van der Waals surface area contributed by atoms with Gasteiger partial charge < -0.3 is 14.5 Å². The molecule has 0 aliphatic carbocycles. The molecule has 4 rings (SSSR count). The minimum atomic E-state index is -0.247. The van der Waals surface area contributed by atoms with E-state index in [-0.39, 0.29) is 11.9 Å². The molecule has 0 amide bonds. The molecule has 3 aromatic rings. The Morgan fingerprint density at radius 1 is 1.11 bits per heavy atom. The van der Waals surface area contributed by atoms with Crippen LogP contribution in [0.2, 0.25) is 0 Å². The van der Waals surface area contributed by atoms with E-state index in [0.29, 0.717) is 23.0 Å². The molecule has 1 saturated heterocycles. The molecule has 1 unspecified atom stereocenters. The molecule has 2 aromatic carbocycles. The highest BCUT2D eigenvalue weighted by molar-refractivity contribution is 5.58. The Morgan fingerprint density at radius 2 is 1.86 bits per heavy atom. The molecule has 1 N–H and O–H groups in total. The highest BCUT2D eigenvalue weighted by Crippen LogP contribution is 2.29. The molecule has 146 valence electrons. The molecule has 6 nitrogen and oxygen atoms in total. The van der Waals surface area contributed by atoms with Gasteiger partial charge in [-0.2, -0.15) is 4.98 Å². The first-order valence-electron chi connectivity index (χ1n) is 9.40. The van der Waals surface area contributed by atoms with Gasteiger partial charge in [-0.15, -0.1) is 0 Å². The third-order valence-electron chi connectivity index (χ3n) is 5.30. The van der Waals surface area contributed by atoms with Crippen molar-refractivity contribution in [2.24, 2.45) is 0 Å². The van der Waals surface area contributed by atoms with Crippen LogP contribution in [0.5, 0.6) is 5.75 Å². The average molecular weight is 382 g/mol. The van der Waals surface area contributed by atoms with Gasteiger partial charge in [-0.05, 0) is 49.7 Å². The van der Waals surface area contributed by atoms with Gasteiger partial charge in [-0.25, -0.2) is 4.39 Å². The molecule has 7 heteroatoms. The minimum Gasteiger partial charge on any atom is -0.506 e. The van der Waals surface area contributed by atoms with Gasteiger partial charge in [0, 0.05) is 31.7 Å². The molecule has 0 bridgehead atoms. The average Bonchev–Trinajstić information content (AvgIpc) is 3.20. The first-order chi connectivity index (χ1) is 13.5. The van der Waals surface area contributed by atoms with E-state index in [4.69, 9.17) is 4.52 Å². The summed E-state index contributed by atoms with van der Waals surface area (Å²) in [4.78, 5) is 8.98. The molecule has 0 spiro atoms. The zero-order valence-corrected chi connectivity index (χ0v) is 16.0. The Labute approximate surface area is 163 Å². The van der Waals surface area contributed by atoms with Gasteiger partial charge in [0.05, 0.1) is 11.7 Å². The van der Waals surface area contributed by atoms with Gasteiger partial charge in [0.1, 0.15) is 11.6 Å². The van der Waals surface area contributed by atoms with Gasteiger partial charge in [0.2, 0.25) is 11.7 Å². The predicted molar refractivity (Wildman–Crippen MR) is 105 cm³/mol. The summed E-state index contributed by atoms with van der Waals surface area (Å²) in [6.07, 6.45) is 0. The molecule has 1 aliphatic rings. The zero-order chi connectivity index (χ0) is 19.7. The summed E-state index contributed by atoms with van der Waals surface area (Å²) in [6.45, 7) is 7.02. The topological polar surface area (TPSA) is 65.6 Å². The maximum absolute atomic E-state index is 13.5. The van der Waals surface area contributed by atoms with Crippen LogP contribution in [0.3, 0.4) is 0 Å². The normalized spacial score (nSPS) is 16.3. The van der Waals surface area contributed by atoms with Crippen LogP contribution in [-0.2, 0) is 0 Å². The second-order valence-corrected chi connectivity index (χ2v) is 7.11. The Morgan fingerprint density at radius 3 is 2.57 bits per heavy atom. The maximum atomic E-state index is 13.5. The van der Waals surface area contributed by atoms with Crippen LogP contribution in [0.15, 0.2) is 47.0 Å². The van der Waals surface area contributed by atoms with Crippen LogP contribution in [-0.4, -0.2) is 46.3 Å². The van der Waals surface area contributed by atoms with Crippen molar-refractivity contribution in [3.05, 3.63) is 59.7 Å². The van der Waals surface area contributed by atoms with Crippen LogP contribution >= 0.6 is 0 Å². The lowest BCUT2D eigenvalue weighted by molar-refractivity contribution is 0.164. The summed E-state index contributed by atoms with van der Waals surface area (Å²) in [7, 11) is 0. The highest BCUT2D eigenvalue weighted by Gasteiger charge is 2.26. The summed E-state index contributed by atoms with van der Waals surface area (Å²) in [5.74, 6) is 1.08. The fraction of sp³-hybridized carbons (Fsp3) is 0.333. The van der Waals surface area contributed by atoms with Crippen LogP contribution < -0.4 is 4.90 Å². The molecular formula is C21H23FN4O2. The maximum Gasteiger partial charge on any atom is 0.244 e. The molecule has 28 heavy (non-hydrogen) atoms. The van der Waals surface area contributed by atoms with Crippen molar-refractivity contribution in [3.8, 4) is 17.1 Å². The van der Waals surface area contributed by atoms with E-state index in [9.17, 15) is 9.50 Å². The summed E-state index contributed by atoms with van der Waals surface area (Å²) in [6, 6.07) is 12.2. The number of aromatic hydroxyl groups is 1. The van der Waals surface area contributed by atoms with Gasteiger partial charge >= 0.3 is 0 Å². The van der Waals surface area contributed by atoms with Crippen molar-refractivity contribution in [2.45, 2.75) is 19.9 Å². The number of phenolic OH excluding ortho intramolecular Hbond substituents is 1. The van der Waals surface area contributed by atoms with Gasteiger partial charge in [0.15, 0.2) is 0 Å².